The van der Waals surface area contributed by atoms with E-state index in [4.69, 9.17) is 10.5 Å². The molecule has 0 fully saturated rings. The molecular weight excluding hydrogens is 252 g/mol. The van der Waals surface area contributed by atoms with Crippen molar-refractivity contribution in [3.63, 3.8) is 0 Å². The minimum absolute atomic E-state index is 0.222. The molecule has 0 saturated carbocycles. The van der Waals surface area contributed by atoms with Gasteiger partial charge >= 0.3 is 5.97 Å². The van der Waals surface area contributed by atoms with E-state index >= 15 is 0 Å². The van der Waals surface area contributed by atoms with E-state index in [1.807, 2.05) is 32.3 Å². The third kappa shape index (κ3) is 4.66. The van der Waals surface area contributed by atoms with Crippen LogP contribution in [0.15, 0.2) is 5.16 Å². The number of carbonyl (C=O) groups excluding carboxylic acids is 1. The summed E-state index contributed by atoms with van der Waals surface area (Å²) >= 11 is 1.32. The van der Waals surface area contributed by atoms with Crippen LogP contribution in [0.4, 0.5) is 0 Å². The topological polar surface area (TPSA) is 83.0 Å². The average Bonchev–Trinajstić information content (AvgIpc) is 2.56. The Kier molecular flexibility index (Phi) is 5.15. The van der Waals surface area contributed by atoms with Crippen molar-refractivity contribution in [3.8, 4) is 0 Å². The van der Waals surface area contributed by atoms with Gasteiger partial charge < -0.3 is 15.0 Å². The van der Waals surface area contributed by atoms with Gasteiger partial charge in [0.25, 0.3) is 0 Å². The zero-order valence-corrected chi connectivity index (χ0v) is 12.1. The largest absolute Gasteiger partial charge is 0.459 e. The quantitative estimate of drug-likeness (QED) is 0.635. The smallest absolute Gasteiger partial charge is 0.316 e. The van der Waals surface area contributed by atoms with Crippen molar-refractivity contribution in [2.45, 2.75) is 45.0 Å². The zero-order chi connectivity index (χ0) is 13.8. The van der Waals surface area contributed by atoms with Gasteiger partial charge in [0.05, 0.1) is 5.75 Å². The van der Waals surface area contributed by atoms with E-state index in [9.17, 15) is 4.79 Å². The molecule has 18 heavy (non-hydrogen) atoms. The predicted octanol–water partition coefficient (Wildman–Crippen LogP) is 0.979. The van der Waals surface area contributed by atoms with Crippen LogP contribution >= 0.6 is 11.8 Å². The molecule has 0 atom stereocenters. The normalized spacial score (nSPS) is 11.6. The number of thioether (sulfide) groups is 1. The van der Waals surface area contributed by atoms with Gasteiger partial charge in [-0.3, -0.25) is 4.79 Å². The Morgan fingerprint density at radius 3 is 2.67 bits per heavy atom. The highest BCUT2D eigenvalue weighted by Gasteiger charge is 2.17. The molecule has 2 N–H and O–H groups in total. The molecule has 0 bridgehead atoms. The van der Waals surface area contributed by atoms with E-state index in [2.05, 4.69) is 10.2 Å². The molecule has 0 aliphatic heterocycles. The van der Waals surface area contributed by atoms with Crippen molar-refractivity contribution < 1.29 is 9.53 Å². The second-order valence-corrected chi connectivity index (χ2v) is 5.79. The zero-order valence-electron chi connectivity index (χ0n) is 11.3. The number of hydrogen-bond acceptors (Lipinski definition) is 6. The lowest BCUT2D eigenvalue weighted by Crippen LogP contribution is -2.25. The van der Waals surface area contributed by atoms with Crippen LogP contribution in [0, 0.1) is 6.92 Å². The Hall–Kier alpha value is -1.08. The second kappa shape index (κ2) is 6.19. The maximum Gasteiger partial charge on any atom is 0.316 e. The Bertz CT molecular complexity index is 412. The number of ether oxygens (including phenoxy) is 1. The fraction of sp³-hybridized carbons (Fsp3) is 0.727. The summed E-state index contributed by atoms with van der Waals surface area (Å²) in [5, 5.41) is 8.69. The molecule has 0 saturated heterocycles. The first-order valence-electron chi connectivity index (χ1n) is 5.78. The Labute approximate surface area is 111 Å². The molecular formula is C11H20N4O2S. The van der Waals surface area contributed by atoms with Gasteiger partial charge in [0.2, 0.25) is 0 Å². The third-order valence-electron chi connectivity index (χ3n) is 1.99. The number of rotatable bonds is 5. The maximum atomic E-state index is 11.6. The summed E-state index contributed by atoms with van der Waals surface area (Å²) in [6.45, 7) is 8.55. The molecule has 0 unspecified atom stereocenters. The fourth-order valence-corrected chi connectivity index (χ4v) is 2.13. The molecule has 1 rings (SSSR count). The van der Waals surface area contributed by atoms with Crippen molar-refractivity contribution in [3.05, 3.63) is 5.82 Å². The van der Waals surface area contributed by atoms with Crippen LogP contribution in [0.25, 0.3) is 0 Å². The number of esters is 1. The summed E-state index contributed by atoms with van der Waals surface area (Å²) < 4.78 is 7.12. The van der Waals surface area contributed by atoms with E-state index in [1.54, 1.807) is 0 Å². The van der Waals surface area contributed by atoms with E-state index in [1.165, 1.54) is 11.8 Å². The Morgan fingerprint density at radius 2 is 2.11 bits per heavy atom. The van der Waals surface area contributed by atoms with E-state index in [0.717, 1.165) is 5.82 Å². The fourth-order valence-electron chi connectivity index (χ4n) is 1.35. The number of hydrogen-bond donors (Lipinski definition) is 1. The summed E-state index contributed by atoms with van der Waals surface area (Å²) in [6, 6.07) is 0. The van der Waals surface area contributed by atoms with Gasteiger partial charge in [0, 0.05) is 13.1 Å². The van der Waals surface area contributed by atoms with Crippen LogP contribution in [0.3, 0.4) is 0 Å². The number of aryl methyl sites for hydroxylation is 1. The van der Waals surface area contributed by atoms with Gasteiger partial charge in [-0.15, -0.1) is 10.2 Å². The molecule has 1 aromatic rings. The highest BCUT2D eigenvalue weighted by molar-refractivity contribution is 7.99. The molecule has 7 heteroatoms. The van der Waals surface area contributed by atoms with Gasteiger partial charge in [0.1, 0.15) is 11.4 Å². The van der Waals surface area contributed by atoms with Crippen molar-refractivity contribution in [1.82, 2.24) is 14.8 Å². The van der Waals surface area contributed by atoms with Crippen molar-refractivity contribution in [2.75, 3.05) is 12.3 Å². The SMILES string of the molecule is Cc1nnc(SCC(=O)OC(C)(C)C)n1CCN. The number of carbonyl (C=O) groups is 1. The number of aromatic nitrogens is 3. The van der Waals surface area contributed by atoms with E-state index in [0.29, 0.717) is 18.2 Å². The molecule has 6 nitrogen and oxygen atoms in total. The standard InChI is InChI=1S/C11H20N4O2S/c1-8-13-14-10(15(8)6-5-12)18-7-9(16)17-11(2,3)4/h5-7,12H2,1-4H3. The minimum Gasteiger partial charge on any atom is -0.459 e. The highest BCUT2D eigenvalue weighted by Crippen LogP contribution is 2.18. The van der Waals surface area contributed by atoms with Crippen LogP contribution in [0.2, 0.25) is 0 Å². The molecule has 1 heterocycles. The van der Waals surface area contributed by atoms with Gasteiger partial charge in [-0.2, -0.15) is 0 Å². The lowest BCUT2D eigenvalue weighted by molar-refractivity contribution is -0.151. The second-order valence-electron chi connectivity index (χ2n) is 4.85. The van der Waals surface area contributed by atoms with Crippen molar-refractivity contribution in [2.24, 2.45) is 5.73 Å². The van der Waals surface area contributed by atoms with Crippen LogP contribution in [-0.4, -0.2) is 38.6 Å². The van der Waals surface area contributed by atoms with Crippen LogP contribution in [0.5, 0.6) is 0 Å². The summed E-state index contributed by atoms with van der Waals surface area (Å²) in [4.78, 5) is 11.6. The first-order chi connectivity index (χ1) is 8.33. The van der Waals surface area contributed by atoms with Gasteiger partial charge in [-0.1, -0.05) is 11.8 Å². The predicted molar refractivity (Wildman–Crippen MR) is 70.4 cm³/mol. The monoisotopic (exact) mass is 272 g/mol. The summed E-state index contributed by atoms with van der Waals surface area (Å²) in [7, 11) is 0. The van der Waals surface area contributed by atoms with Crippen molar-refractivity contribution in [1.29, 1.82) is 0 Å². The average molecular weight is 272 g/mol. The first kappa shape index (κ1) is 15.0. The summed E-state index contributed by atoms with van der Waals surface area (Å²) in [5.41, 5.74) is 5.06. The van der Waals surface area contributed by atoms with Gasteiger partial charge in [0.15, 0.2) is 5.16 Å². The molecule has 0 amide bonds. The molecule has 0 aliphatic carbocycles. The summed E-state index contributed by atoms with van der Waals surface area (Å²) in [5.74, 6) is 0.763. The molecule has 0 radical (unpaired) electrons. The Morgan fingerprint density at radius 1 is 1.44 bits per heavy atom. The Balaban J connectivity index is 2.56. The summed E-state index contributed by atoms with van der Waals surface area (Å²) in [6.07, 6.45) is 0. The lowest BCUT2D eigenvalue weighted by atomic mass is 10.2. The molecule has 0 aliphatic rings. The molecule has 0 aromatic carbocycles. The minimum atomic E-state index is -0.460. The van der Waals surface area contributed by atoms with Gasteiger partial charge in [-0.25, -0.2) is 0 Å². The molecule has 102 valence electrons. The van der Waals surface area contributed by atoms with Crippen LogP contribution in [0.1, 0.15) is 26.6 Å². The van der Waals surface area contributed by atoms with E-state index < -0.39 is 5.60 Å². The van der Waals surface area contributed by atoms with Crippen LogP contribution < -0.4 is 5.73 Å². The maximum absolute atomic E-state index is 11.6. The third-order valence-corrected chi connectivity index (χ3v) is 2.93. The number of nitrogens with zero attached hydrogens (tertiary/aromatic N) is 3. The highest BCUT2D eigenvalue weighted by atomic mass is 32.2. The lowest BCUT2D eigenvalue weighted by Gasteiger charge is -2.19. The molecule has 0 spiro atoms. The van der Waals surface area contributed by atoms with E-state index in [-0.39, 0.29) is 11.7 Å². The van der Waals surface area contributed by atoms with Crippen molar-refractivity contribution >= 4 is 17.7 Å². The number of nitrogens with two attached hydrogens (primary N) is 1. The van der Waals surface area contributed by atoms with Gasteiger partial charge in [-0.05, 0) is 27.7 Å². The van der Waals surface area contributed by atoms with Crippen LogP contribution in [-0.2, 0) is 16.1 Å². The molecule has 1 aromatic heterocycles. The first-order valence-corrected chi connectivity index (χ1v) is 6.76.